The van der Waals surface area contributed by atoms with Gasteiger partial charge in [0.1, 0.15) is 0 Å². The molecule has 0 aliphatic heterocycles. The van der Waals surface area contributed by atoms with E-state index >= 15 is 0 Å². The van der Waals surface area contributed by atoms with Crippen LogP contribution in [0.3, 0.4) is 0 Å². The quantitative estimate of drug-likeness (QED) is 0.207. The van der Waals surface area contributed by atoms with Crippen LogP contribution in [0.2, 0.25) is 0 Å². The van der Waals surface area contributed by atoms with Gasteiger partial charge in [0.15, 0.2) is 0 Å². The van der Waals surface area contributed by atoms with Crippen LogP contribution < -0.4 is 24.0 Å². The molecular formula is C15H33ClIN. The Morgan fingerprint density at radius 3 is 1.67 bits per heavy atom. The van der Waals surface area contributed by atoms with Gasteiger partial charge in [0.25, 0.3) is 0 Å². The average molecular weight is 390 g/mol. The second kappa shape index (κ2) is 14.4. The molecule has 0 rings (SSSR count). The van der Waals surface area contributed by atoms with Crippen molar-refractivity contribution in [2.24, 2.45) is 0 Å². The fourth-order valence-corrected chi connectivity index (χ4v) is 2.43. The highest BCUT2D eigenvalue weighted by Gasteiger charge is 2.13. The Kier molecular flexibility index (Phi) is 17.0. The molecule has 0 saturated heterocycles. The Hall–Kier alpha value is 0.980. The molecule has 0 aromatic heterocycles. The first-order valence-electron chi connectivity index (χ1n) is 7.50. The molecule has 0 spiro atoms. The zero-order chi connectivity index (χ0) is 13.0. The number of nitrogens with zero attached hydrogens (tertiary/aromatic N) is 1. The molecule has 0 saturated carbocycles. The summed E-state index contributed by atoms with van der Waals surface area (Å²) in [5, 5.41) is 0. The number of rotatable bonds is 12. The smallest absolute Gasteiger partial charge is 0.0782 e. The van der Waals surface area contributed by atoms with Crippen LogP contribution in [0, 0.1) is 0 Å². The lowest BCUT2D eigenvalue weighted by molar-refractivity contribution is -0.890. The highest BCUT2D eigenvalue weighted by molar-refractivity contribution is 6.17. The summed E-state index contributed by atoms with van der Waals surface area (Å²) in [6.45, 7) is 4.89. The third-order valence-corrected chi connectivity index (χ3v) is 3.78. The Balaban J connectivity index is 0. The zero-order valence-electron chi connectivity index (χ0n) is 12.7. The molecule has 18 heavy (non-hydrogen) atoms. The molecular weight excluding hydrogens is 357 g/mol. The molecule has 0 fully saturated rings. The van der Waals surface area contributed by atoms with Crippen LogP contribution in [0.1, 0.15) is 64.7 Å². The molecule has 0 N–H and O–H groups in total. The largest absolute Gasteiger partial charge is 1.00 e. The number of hydrogen-bond acceptors (Lipinski definition) is 0. The number of unbranched alkanes of at least 4 members (excludes halogenated alkanes) is 7. The summed E-state index contributed by atoms with van der Waals surface area (Å²) in [7, 11) is 4.70. The predicted molar refractivity (Wildman–Crippen MR) is 79.8 cm³/mol. The van der Waals surface area contributed by atoms with Crippen LogP contribution in [0.25, 0.3) is 0 Å². The fraction of sp³-hybridized carbons (Fsp3) is 1.00. The van der Waals surface area contributed by atoms with E-state index in [1.165, 1.54) is 75.4 Å². The van der Waals surface area contributed by atoms with Crippen molar-refractivity contribution in [1.29, 1.82) is 0 Å². The Morgan fingerprint density at radius 1 is 0.722 bits per heavy atom. The summed E-state index contributed by atoms with van der Waals surface area (Å²) in [5.74, 6) is 0.817. The first kappa shape index (κ1) is 21.3. The van der Waals surface area contributed by atoms with Crippen molar-refractivity contribution in [2.75, 3.05) is 33.1 Å². The highest BCUT2D eigenvalue weighted by Crippen LogP contribution is 2.10. The van der Waals surface area contributed by atoms with Crippen molar-refractivity contribution in [2.45, 2.75) is 64.7 Å². The molecule has 0 unspecified atom stereocenters. The van der Waals surface area contributed by atoms with Crippen LogP contribution in [0.5, 0.6) is 0 Å². The number of alkyl halides is 1. The Morgan fingerprint density at radius 2 is 1.17 bits per heavy atom. The summed E-state index contributed by atoms with van der Waals surface area (Å²) in [5.41, 5.74) is 0. The van der Waals surface area contributed by atoms with E-state index in [-0.39, 0.29) is 24.0 Å². The molecule has 0 heterocycles. The second-order valence-corrected chi connectivity index (χ2v) is 6.28. The third-order valence-electron chi connectivity index (χ3n) is 3.51. The minimum absolute atomic E-state index is 0. The standard InChI is InChI=1S/C15H33ClN.HI/c1-4-5-6-7-8-9-11-14-17(2,3)15-12-10-13-16;/h4-15H2,1-3H3;1H/q+1;/p-1. The summed E-state index contributed by atoms with van der Waals surface area (Å²) in [4.78, 5) is 0. The molecule has 0 radical (unpaired) electrons. The van der Waals surface area contributed by atoms with E-state index in [1.807, 2.05) is 0 Å². The zero-order valence-corrected chi connectivity index (χ0v) is 15.6. The summed E-state index contributed by atoms with van der Waals surface area (Å²) in [6, 6.07) is 0. The first-order valence-corrected chi connectivity index (χ1v) is 8.04. The molecule has 0 aromatic carbocycles. The van der Waals surface area contributed by atoms with Crippen molar-refractivity contribution in [3.05, 3.63) is 0 Å². The lowest BCUT2D eigenvalue weighted by atomic mass is 10.1. The van der Waals surface area contributed by atoms with Gasteiger partial charge < -0.3 is 28.5 Å². The average Bonchev–Trinajstić information content (AvgIpc) is 2.28. The van der Waals surface area contributed by atoms with E-state index in [9.17, 15) is 0 Å². The van der Waals surface area contributed by atoms with Gasteiger partial charge in [-0.15, -0.1) is 11.6 Å². The van der Waals surface area contributed by atoms with Gasteiger partial charge in [-0.05, 0) is 25.7 Å². The monoisotopic (exact) mass is 389 g/mol. The first-order chi connectivity index (χ1) is 8.12. The Bertz CT molecular complexity index is 163. The second-order valence-electron chi connectivity index (χ2n) is 5.90. The SMILES string of the molecule is CCCCCCCCC[N+](C)(C)CCCCCl.[I-]. The Labute approximate surface area is 137 Å². The van der Waals surface area contributed by atoms with E-state index in [0.717, 1.165) is 5.88 Å². The predicted octanol–water partition coefficient (Wildman–Crippen LogP) is 1.84. The van der Waals surface area contributed by atoms with Gasteiger partial charge in [0.2, 0.25) is 0 Å². The topological polar surface area (TPSA) is 0 Å². The van der Waals surface area contributed by atoms with Crippen molar-refractivity contribution in [1.82, 2.24) is 0 Å². The molecule has 0 atom stereocenters. The van der Waals surface area contributed by atoms with Crippen molar-refractivity contribution in [3.8, 4) is 0 Å². The summed E-state index contributed by atoms with van der Waals surface area (Å²) < 4.78 is 1.17. The maximum Gasteiger partial charge on any atom is 0.0782 e. The van der Waals surface area contributed by atoms with Gasteiger partial charge in [-0.3, -0.25) is 0 Å². The lowest BCUT2D eigenvalue weighted by Crippen LogP contribution is -3.00. The molecule has 0 amide bonds. The van der Waals surface area contributed by atoms with Crippen LogP contribution in [0.15, 0.2) is 0 Å². The third kappa shape index (κ3) is 15.0. The highest BCUT2D eigenvalue weighted by atomic mass is 127. The minimum Gasteiger partial charge on any atom is -1.00 e. The summed E-state index contributed by atoms with van der Waals surface area (Å²) >= 11 is 5.71. The minimum atomic E-state index is 0. The van der Waals surface area contributed by atoms with Crippen LogP contribution in [0.4, 0.5) is 0 Å². The molecule has 1 nitrogen and oxygen atoms in total. The molecule has 3 heteroatoms. The number of halogens is 2. The van der Waals surface area contributed by atoms with Crippen LogP contribution in [-0.2, 0) is 0 Å². The lowest BCUT2D eigenvalue weighted by Gasteiger charge is -2.29. The molecule has 0 aliphatic rings. The molecule has 0 bridgehead atoms. The van der Waals surface area contributed by atoms with Gasteiger partial charge in [0.05, 0.1) is 27.2 Å². The fourth-order valence-electron chi connectivity index (χ4n) is 2.24. The molecule has 0 aromatic rings. The van der Waals surface area contributed by atoms with Crippen LogP contribution >= 0.6 is 11.6 Å². The van der Waals surface area contributed by atoms with Crippen molar-refractivity contribution < 1.29 is 28.5 Å². The normalized spacial score (nSPS) is 11.3. The summed E-state index contributed by atoms with van der Waals surface area (Å²) in [6.07, 6.45) is 12.3. The molecule has 0 aliphatic carbocycles. The molecule has 112 valence electrons. The number of quaternary nitrogens is 1. The van der Waals surface area contributed by atoms with E-state index in [2.05, 4.69) is 21.0 Å². The van der Waals surface area contributed by atoms with E-state index in [0.29, 0.717) is 0 Å². The van der Waals surface area contributed by atoms with E-state index in [1.54, 1.807) is 0 Å². The van der Waals surface area contributed by atoms with Gasteiger partial charge >= 0.3 is 0 Å². The number of hydrogen-bond donors (Lipinski definition) is 0. The van der Waals surface area contributed by atoms with Gasteiger partial charge in [-0.25, -0.2) is 0 Å². The maximum absolute atomic E-state index is 5.71. The van der Waals surface area contributed by atoms with Crippen molar-refractivity contribution in [3.63, 3.8) is 0 Å². The van der Waals surface area contributed by atoms with E-state index < -0.39 is 0 Å². The van der Waals surface area contributed by atoms with Gasteiger partial charge in [-0.1, -0.05) is 39.0 Å². The van der Waals surface area contributed by atoms with Crippen molar-refractivity contribution >= 4 is 11.6 Å². The van der Waals surface area contributed by atoms with E-state index in [4.69, 9.17) is 11.6 Å². The van der Waals surface area contributed by atoms with Crippen LogP contribution in [-0.4, -0.2) is 37.5 Å². The maximum atomic E-state index is 5.71. The van der Waals surface area contributed by atoms with Gasteiger partial charge in [0, 0.05) is 5.88 Å². The van der Waals surface area contributed by atoms with Gasteiger partial charge in [-0.2, -0.15) is 0 Å².